The monoisotopic (exact) mass is 578 g/mol. The van der Waals surface area contributed by atoms with Crippen LogP contribution in [-0.4, -0.2) is 43.5 Å². The number of carboxylic acids is 1. The van der Waals surface area contributed by atoms with Gasteiger partial charge in [0.1, 0.15) is 17.2 Å². The lowest BCUT2D eigenvalue weighted by atomic mass is 9.96. The number of ether oxygens (including phenoxy) is 4. The number of halogens is 1. The minimum atomic E-state index is -0.836. The molecule has 0 unspecified atom stereocenters. The molecular formula is C29H39BrO7. The smallest absolute Gasteiger partial charge is 0.306 e. The van der Waals surface area contributed by atoms with Crippen LogP contribution in [0, 0.1) is 0 Å². The van der Waals surface area contributed by atoms with E-state index in [2.05, 4.69) is 22.0 Å². The second-order valence-electron chi connectivity index (χ2n) is 8.61. The van der Waals surface area contributed by atoms with E-state index in [1.54, 1.807) is 6.92 Å². The van der Waals surface area contributed by atoms with Gasteiger partial charge in [-0.15, -0.1) is 0 Å². The fourth-order valence-corrected chi connectivity index (χ4v) is 4.41. The van der Waals surface area contributed by atoms with Crippen molar-refractivity contribution >= 4 is 27.9 Å². The summed E-state index contributed by atoms with van der Waals surface area (Å²) in [7, 11) is 0. The van der Waals surface area contributed by atoms with Crippen LogP contribution >= 0.6 is 15.9 Å². The number of hydrogen-bond donors (Lipinski definition) is 1. The average Bonchev–Trinajstić information content (AvgIpc) is 2.85. The van der Waals surface area contributed by atoms with E-state index < -0.39 is 5.97 Å². The van der Waals surface area contributed by atoms with Gasteiger partial charge in [0.2, 0.25) is 0 Å². The number of esters is 1. The minimum Gasteiger partial charge on any atom is -0.494 e. The predicted octanol–water partition coefficient (Wildman–Crippen LogP) is 6.77. The van der Waals surface area contributed by atoms with Gasteiger partial charge < -0.3 is 24.1 Å². The zero-order valence-corrected chi connectivity index (χ0v) is 23.5. The third-order valence-corrected chi connectivity index (χ3v) is 6.13. The number of carbonyl (C=O) groups is 2. The summed E-state index contributed by atoms with van der Waals surface area (Å²) in [5, 5.41) is 8.86. The first-order valence-corrected chi connectivity index (χ1v) is 13.9. The van der Waals surface area contributed by atoms with Gasteiger partial charge in [-0.25, -0.2) is 0 Å². The Hall–Kier alpha value is -2.74. The molecule has 2 aromatic carbocycles. The van der Waals surface area contributed by atoms with Crippen molar-refractivity contribution < 1.29 is 33.6 Å². The molecular weight excluding hydrogens is 540 g/mol. The van der Waals surface area contributed by atoms with E-state index in [1.807, 2.05) is 37.3 Å². The van der Waals surface area contributed by atoms with E-state index >= 15 is 0 Å². The highest BCUT2D eigenvalue weighted by molar-refractivity contribution is 9.10. The molecule has 0 aromatic heterocycles. The van der Waals surface area contributed by atoms with Gasteiger partial charge in [0.15, 0.2) is 0 Å². The second kappa shape index (κ2) is 17.7. The third kappa shape index (κ3) is 12.4. The maximum Gasteiger partial charge on any atom is 0.306 e. The van der Waals surface area contributed by atoms with Crippen LogP contribution in [0.2, 0.25) is 0 Å². The molecule has 204 valence electrons. The summed E-state index contributed by atoms with van der Waals surface area (Å²) < 4.78 is 23.4. The van der Waals surface area contributed by atoms with Crippen molar-refractivity contribution in [1.82, 2.24) is 0 Å². The topological polar surface area (TPSA) is 91.3 Å². The Kier molecular flexibility index (Phi) is 14.6. The van der Waals surface area contributed by atoms with Crippen LogP contribution in [0.3, 0.4) is 0 Å². The molecule has 0 spiro atoms. The van der Waals surface area contributed by atoms with Crippen molar-refractivity contribution in [2.45, 2.75) is 71.6 Å². The summed E-state index contributed by atoms with van der Waals surface area (Å²) in [6.45, 7) is 5.69. The van der Waals surface area contributed by atoms with Gasteiger partial charge in [0.05, 0.1) is 26.4 Å². The molecule has 2 aromatic rings. The van der Waals surface area contributed by atoms with Crippen LogP contribution < -0.4 is 14.2 Å². The van der Waals surface area contributed by atoms with E-state index in [0.29, 0.717) is 39.3 Å². The lowest BCUT2D eigenvalue weighted by Crippen LogP contribution is -2.09. The molecule has 8 heteroatoms. The molecule has 0 saturated heterocycles. The van der Waals surface area contributed by atoms with Crippen LogP contribution in [-0.2, 0) is 27.2 Å². The molecule has 0 aliphatic carbocycles. The summed E-state index contributed by atoms with van der Waals surface area (Å²) in [6, 6.07) is 11.7. The Labute approximate surface area is 228 Å². The molecule has 0 fully saturated rings. The molecule has 0 saturated carbocycles. The molecule has 0 aliphatic heterocycles. The average molecular weight is 580 g/mol. The highest BCUT2D eigenvalue weighted by Crippen LogP contribution is 2.28. The quantitative estimate of drug-likeness (QED) is 0.145. The van der Waals surface area contributed by atoms with E-state index in [4.69, 9.17) is 24.1 Å². The lowest BCUT2D eigenvalue weighted by Gasteiger charge is -2.16. The van der Waals surface area contributed by atoms with E-state index in [1.165, 1.54) is 0 Å². The fourth-order valence-electron chi connectivity index (χ4n) is 3.96. The maximum absolute atomic E-state index is 12.0. The zero-order chi connectivity index (χ0) is 26.9. The standard InChI is InChI=1S/C29H39BrO7/c1-3-34-24-19-23(30)20-25(21-24)36-17-8-6-5-7-11-22-12-9-13-27(37-18-10-14-28(31)32)26(22)15-16-29(33)35-4-2/h9,12-13,19-21H,3-8,10-11,14-18H2,1-2H3,(H,31,32). The normalized spacial score (nSPS) is 10.7. The van der Waals surface area contributed by atoms with Crippen LogP contribution in [0.4, 0.5) is 0 Å². The van der Waals surface area contributed by atoms with Gasteiger partial charge in [-0.2, -0.15) is 0 Å². The molecule has 0 heterocycles. The summed E-state index contributed by atoms with van der Waals surface area (Å²) >= 11 is 3.49. The Morgan fingerprint density at radius 1 is 0.811 bits per heavy atom. The van der Waals surface area contributed by atoms with Crippen LogP contribution in [0.15, 0.2) is 40.9 Å². The van der Waals surface area contributed by atoms with E-state index in [0.717, 1.165) is 65.0 Å². The van der Waals surface area contributed by atoms with Crippen molar-refractivity contribution in [1.29, 1.82) is 0 Å². The highest BCUT2D eigenvalue weighted by atomic mass is 79.9. The first-order chi connectivity index (χ1) is 17.9. The van der Waals surface area contributed by atoms with Gasteiger partial charge in [-0.3, -0.25) is 9.59 Å². The summed E-state index contributed by atoms with van der Waals surface area (Å²) in [5.74, 6) is 1.24. The molecule has 0 amide bonds. The first-order valence-electron chi connectivity index (χ1n) is 13.1. The predicted molar refractivity (Wildman–Crippen MR) is 147 cm³/mol. The van der Waals surface area contributed by atoms with Gasteiger partial charge in [-0.1, -0.05) is 40.9 Å². The minimum absolute atomic E-state index is 0.0663. The molecule has 2 rings (SSSR count). The number of aryl methyl sites for hydroxylation is 1. The molecule has 0 aliphatic rings. The Morgan fingerprint density at radius 2 is 1.54 bits per heavy atom. The van der Waals surface area contributed by atoms with Crippen molar-refractivity contribution in [2.24, 2.45) is 0 Å². The first kappa shape index (κ1) is 30.5. The number of carboxylic acid groups (broad SMARTS) is 1. The largest absolute Gasteiger partial charge is 0.494 e. The summed E-state index contributed by atoms with van der Waals surface area (Å²) in [6.07, 6.45) is 6.29. The number of rotatable bonds is 19. The molecule has 37 heavy (non-hydrogen) atoms. The SMILES string of the molecule is CCOC(=O)CCc1c(CCCCCCOc2cc(Br)cc(OCC)c2)cccc1OCCCC(=O)O. The molecule has 0 atom stereocenters. The Balaban J connectivity index is 1.84. The number of carbonyl (C=O) groups excluding carboxylic acids is 1. The lowest BCUT2D eigenvalue weighted by molar-refractivity contribution is -0.143. The Morgan fingerprint density at radius 3 is 2.27 bits per heavy atom. The number of unbranched alkanes of at least 4 members (excludes halogenated alkanes) is 3. The summed E-state index contributed by atoms with van der Waals surface area (Å²) in [4.78, 5) is 22.7. The molecule has 7 nitrogen and oxygen atoms in total. The van der Waals surface area contributed by atoms with Gasteiger partial charge in [0, 0.05) is 23.4 Å². The van der Waals surface area contributed by atoms with Crippen molar-refractivity contribution in [3.8, 4) is 17.2 Å². The van der Waals surface area contributed by atoms with Crippen molar-refractivity contribution in [2.75, 3.05) is 26.4 Å². The highest BCUT2D eigenvalue weighted by Gasteiger charge is 2.13. The second-order valence-corrected chi connectivity index (χ2v) is 9.53. The fraction of sp³-hybridized carbons (Fsp3) is 0.517. The molecule has 1 N–H and O–H groups in total. The number of aliphatic carboxylic acids is 1. The van der Waals surface area contributed by atoms with Gasteiger partial charge in [0.25, 0.3) is 0 Å². The number of hydrogen-bond acceptors (Lipinski definition) is 6. The molecule has 0 radical (unpaired) electrons. The van der Waals surface area contributed by atoms with E-state index in [-0.39, 0.29) is 18.8 Å². The van der Waals surface area contributed by atoms with E-state index in [9.17, 15) is 9.59 Å². The third-order valence-electron chi connectivity index (χ3n) is 5.67. The van der Waals surface area contributed by atoms with Gasteiger partial charge in [-0.05, 0) is 75.3 Å². The summed E-state index contributed by atoms with van der Waals surface area (Å²) in [5.41, 5.74) is 2.17. The van der Waals surface area contributed by atoms with Crippen LogP contribution in [0.5, 0.6) is 17.2 Å². The molecule has 0 bridgehead atoms. The van der Waals surface area contributed by atoms with Crippen molar-refractivity contribution in [3.05, 3.63) is 52.0 Å². The number of benzene rings is 2. The Bertz CT molecular complexity index is 977. The van der Waals surface area contributed by atoms with Gasteiger partial charge >= 0.3 is 11.9 Å². The van der Waals surface area contributed by atoms with Crippen LogP contribution in [0.25, 0.3) is 0 Å². The van der Waals surface area contributed by atoms with Crippen molar-refractivity contribution in [3.63, 3.8) is 0 Å². The maximum atomic E-state index is 12.0. The zero-order valence-electron chi connectivity index (χ0n) is 21.9. The van der Waals surface area contributed by atoms with Crippen LogP contribution in [0.1, 0.15) is 69.9 Å².